The second-order valence-electron chi connectivity index (χ2n) is 5.07. The van der Waals surface area contributed by atoms with Gasteiger partial charge in [-0.1, -0.05) is 30.9 Å². The molecule has 1 saturated carbocycles. The predicted octanol–water partition coefficient (Wildman–Crippen LogP) is 2.59. The van der Waals surface area contributed by atoms with E-state index in [1.165, 1.54) is 19.3 Å². The van der Waals surface area contributed by atoms with Crippen LogP contribution in [0, 0.1) is 6.92 Å². The maximum atomic E-state index is 6.44. The molecule has 1 heterocycles. The molecule has 0 unspecified atom stereocenters. The summed E-state index contributed by atoms with van der Waals surface area (Å²) in [6, 6.07) is 0. The average Bonchev–Trinajstić information content (AvgIpc) is 2.46. The Kier molecular flexibility index (Phi) is 3.27. The first kappa shape index (κ1) is 11.9. The van der Waals surface area contributed by atoms with Crippen LogP contribution in [-0.4, -0.2) is 15.3 Å². The zero-order chi connectivity index (χ0) is 11.8. The Balaban J connectivity index is 2.19. The molecule has 0 spiro atoms. The molecular weight excluding hydrogens is 222 g/mol. The van der Waals surface area contributed by atoms with Crippen molar-refractivity contribution in [3.63, 3.8) is 0 Å². The molecule has 90 valence electrons. The van der Waals surface area contributed by atoms with Gasteiger partial charge in [-0.3, -0.25) is 4.68 Å². The summed E-state index contributed by atoms with van der Waals surface area (Å²) < 4.78 is 1.88. The van der Waals surface area contributed by atoms with Crippen LogP contribution in [0.4, 0.5) is 0 Å². The van der Waals surface area contributed by atoms with Crippen molar-refractivity contribution in [2.45, 2.75) is 51.0 Å². The average molecular weight is 242 g/mol. The van der Waals surface area contributed by atoms with Crippen molar-refractivity contribution in [3.8, 4) is 0 Å². The fourth-order valence-corrected chi connectivity index (χ4v) is 2.87. The van der Waals surface area contributed by atoms with E-state index >= 15 is 0 Å². The molecule has 4 heteroatoms. The molecule has 16 heavy (non-hydrogen) atoms. The molecule has 0 amide bonds. The topological polar surface area (TPSA) is 43.8 Å². The molecule has 1 aromatic rings. The van der Waals surface area contributed by atoms with Gasteiger partial charge in [-0.15, -0.1) is 0 Å². The lowest BCUT2D eigenvalue weighted by Crippen LogP contribution is -2.44. The standard InChI is InChI=1S/C12H20ClN3/c1-9-11(13)10(16(2)15-9)8-12(14)6-4-3-5-7-12/h3-8,14H2,1-2H3. The molecule has 1 aromatic heterocycles. The molecule has 2 rings (SSSR count). The molecule has 0 saturated heterocycles. The van der Waals surface area contributed by atoms with E-state index in [2.05, 4.69) is 5.10 Å². The van der Waals surface area contributed by atoms with Crippen LogP contribution >= 0.6 is 11.6 Å². The van der Waals surface area contributed by atoms with Gasteiger partial charge in [0.1, 0.15) is 0 Å². The molecule has 2 N–H and O–H groups in total. The smallest absolute Gasteiger partial charge is 0.0847 e. The minimum atomic E-state index is -0.0673. The lowest BCUT2D eigenvalue weighted by Gasteiger charge is -2.33. The first-order valence-corrected chi connectivity index (χ1v) is 6.36. The van der Waals surface area contributed by atoms with Gasteiger partial charge in [0.2, 0.25) is 0 Å². The van der Waals surface area contributed by atoms with Crippen LogP contribution in [0.3, 0.4) is 0 Å². The van der Waals surface area contributed by atoms with E-state index < -0.39 is 0 Å². The Labute approximate surface area is 102 Å². The van der Waals surface area contributed by atoms with Gasteiger partial charge >= 0.3 is 0 Å². The summed E-state index contributed by atoms with van der Waals surface area (Å²) >= 11 is 6.26. The van der Waals surface area contributed by atoms with E-state index in [1.54, 1.807) is 0 Å². The molecule has 3 nitrogen and oxygen atoms in total. The number of aryl methyl sites for hydroxylation is 2. The van der Waals surface area contributed by atoms with Gasteiger partial charge < -0.3 is 5.73 Å². The maximum Gasteiger partial charge on any atom is 0.0847 e. The Morgan fingerprint density at radius 2 is 2.00 bits per heavy atom. The molecule has 0 aliphatic heterocycles. The van der Waals surface area contributed by atoms with Gasteiger partial charge in [-0.25, -0.2) is 0 Å². The molecule has 1 aliphatic rings. The molecule has 1 aliphatic carbocycles. The highest BCUT2D eigenvalue weighted by Crippen LogP contribution is 2.31. The maximum absolute atomic E-state index is 6.44. The number of halogens is 1. The summed E-state index contributed by atoms with van der Waals surface area (Å²) in [6.45, 7) is 1.94. The van der Waals surface area contributed by atoms with E-state index in [-0.39, 0.29) is 5.54 Å². The quantitative estimate of drug-likeness (QED) is 0.865. The van der Waals surface area contributed by atoms with Crippen molar-refractivity contribution in [1.82, 2.24) is 9.78 Å². The monoisotopic (exact) mass is 241 g/mol. The SMILES string of the molecule is Cc1nn(C)c(CC2(N)CCCCC2)c1Cl. The third-order valence-corrected chi connectivity index (χ3v) is 4.12. The number of rotatable bonds is 2. The molecule has 0 bridgehead atoms. The number of hydrogen-bond donors (Lipinski definition) is 1. The summed E-state index contributed by atoms with van der Waals surface area (Å²) in [7, 11) is 1.94. The Bertz CT molecular complexity index is 378. The van der Waals surface area contributed by atoms with Crippen LogP contribution in [0.25, 0.3) is 0 Å². The van der Waals surface area contributed by atoms with Crippen LogP contribution in [0.2, 0.25) is 5.02 Å². The number of nitrogens with two attached hydrogens (primary N) is 1. The predicted molar refractivity (Wildman–Crippen MR) is 66.7 cm³/mol. The first-order chi connectivity index (χ1) is 7.52. The van der Waals surface area contributed by atoms with Gasteiger partial charge in [0.15, 0.2) is 0 Å². The normalized spacial score (nSPS) is 20.0. The zero-order valence-corrected chi connectivity index (χ0v) is 10.8. The summed E-state index contributed by atoms with van der Waals surface area (Å²) in [4.78, 5) is 0. The van der Waals surface area contributed by atoms with Crippen molar-refractivity contribution in [1.29, 1.82) is 0 Å². The summed E-state index contributed by atoms with van der Waals surface area (Å²) in [6.07, 6.45) is 6.86. The summed E-state index contributed by atoms with van der Waals surface area (Å²) in [5.74, 6) is 0. The van der Waals surface area contributed by atoms with Crippen LogP contribution in [-0.2, 0) is 13.5 Å². The van der Waals surface area contributed by atoms with Crippen molar-refractivity contribution in [3.05, 3.63) is 16.4 Å². The van der Waals surface area contributed by atoms with Gasteiger partial charge in [0.25, 0.3) is 0 Å². The Hall–Kier alpha value is -0.540. The zero-order valence-electron chi connectivity index (χ0n) is 10.1. The highest BCUT2D eigenvalue weighted by atomic mass is 35.5. The fourth-order valence-electron chi connectivity index (χ4n) is 2.64. The highest BCUT2D eigenvalue weighted by molar-refractivity contribution is 6.31. The summed E-state index contributed by atoms with van der Waals surface area (Å²) in [5, 5.41) is 5.13. The Morgan fingerprint density at radius 3 is 2.50 bits per heavy atom. The van der Waals surface area contributed by atoms with Crippen LogP contribution in [0.5, 0.6) is 0 Å². The van der Waals surface area contributed by atoms with E-state index in [4.69, 9.17) is 17.3 Å². The van der Waals surface area contributed by atoms with E-state index in [9.17, 15) is 0 Å². The lowest BCUT2D eigenvalue weighted by atomic mass is 9.79. The second-order valence-corrected chi connectivity index (χ2v) is 5.45. The molecule has 0 atom stereocenters. The van der Waals surface area contributed by atoms with E-state index in [0.29, 0.717) is 0 Å². The highest BCUT2D eigenvalue weighted by Gasteiger charge is 2.30. The third-order valence-electron chi connectivity index (χ3n) is 3.63. The van der Waals surface area contributed by atoms with Crippen molar-refractivity contribution >= 4 is 11.6 Å². The number of aromatic nitrogens is 2. The first-order valence-electron chi connectivity index (χ1n) is 5.99. The summed E-state index contributed by atoms with van der Waals surface area (Å²) in [5.41, 5.74) is 8.36. The van der Waals surface area contributed by atoms with E-state index in [0.717, 1.165) is 35.7 Å². The minimum absolute atomic E-state index is 0.0673. The third kappa shape index (κ3) is 2.25. The van der Waals surface area contributed by atoms with Crippen LogP contribution in [0.1, 0.15) is 43.5 Å². The minimum Gasteiger partial charge on any atom is -0.325 e. The van der Waals surface area contributed by atoms with Gasteiger partial charge in [-0.2, -0.15) is 5.10 Å². The van der Waals surface area contributed by atoms with Gasteiger partial charge in [0, 0.05) is 19.0 Å². The number of nitrogens with zero attached hydrogens (tertiary/aromatic N) is 2. The number of hydrogen-bond acceptors (Lipinski definition) is 2. The van der Waals surface area contributed by atoms with Crippen LogP contribution in [0.15, 0.2) is 0 Å². The Morgan fingerprint density at radius 1 is 1.38 bits per heavy atom. The van der Waals surface area contributed by atoms with Gasteiger partial charge in [0.05, 0.1) is 16.4 Å². The molecule has 0 radical (unpaired) electrons. The second kappa shape index (κ2) is 4.38. The molecule has 0 aromatic carbocycles. The van der Waals surface area contributed by atoms with Crippen LogP contribution < -0.4 is 5.73 Å². The molecular formula is C12H20ClN3. The van der Waals surface area contributed by atoms with Gasteiger partial charge in [-0.05, 0) is 19.8 Å². The molecule has 1 fully saturated rings. The van der Waals surface area contributed by atoms with Crippen molar-refractivity contribution in [2.24, 2.45) is 12.8 Å². The van der Waals surface area contributed by atoms with Crippen molar-refractivity contribution < 1.29 is 0 Å². The van der Waals surface area contributed by atoms with Crippen molar-refractivity contribution in [2.75, 3.05) is 0 Å². The fraction of sp³-hybridized carbons (Fsp3) is 0.750. The largest absolute Gasteiger partial charge is 0.325 e. The van der Waals surface area contributed by atoms with E-state index in [1.807, 2.05) is 18.7 Å². The lowest BCUT2D eigenvalue weighted by molar-refractivity contribution is 0.289.